The average Bonchev–Trinajstić information content (AvgIpc) is 2.37. The minimum Gasteiger partial charge on any atom is -0.321 e. The third kappa shape index (κ3) is 3.30. The van der Waals surface area contributed by atoms with Gasteiger partial charge in [0, 0.05) is 0 Å². The minimum absolute atomic E-state index is 0.140. The lowest BCUT2D eigenvalue weighted by Gasteiger charge is -2.10. The smallest absolute Gasteiger partial charge is 0.321 e. The lowest BCUT2D eigenvalue weighted by atomic mass is 10.0. The van der Waals surface area contributed by atoms with E-state index in [2.05, 4.69) is 0 Å². The molecule has 0 aliphatic carbocycles. The topological polar surface area (TPSA) is 57.5 Å². The van der Waals surface area contributed by atoms with Gasteiger partial charge in [-0.3, -0.25) is 4.57 Å². The molecule has 0 aliphatic heterocycles. The van der Waals surface area contributed by atoms with Crippen LogP contribution in [-0.4, -0.2) is 9.79 Å². The van der Waals surface area contributed by atoms with Gasteiger partial charge in [0.1, 0.15) is 0 Å². The Morgan fingerprint density at radius 2 is 1.44 bits per heavy atom. The van der Waals surface area contributed by atoms with Crippen LogP contribution >= 0.6 is 7.60 Å². The Labute approximate surface area is 106 Å². The molecule has 0 bridgehead atoms. The molecule has 0 fully saturated rings. The zero-order valence-corrected chi connectivity index (χ0v) is 10.8. The molecule has 0 radical (unpaired) electrons. The molecule has 3 nitrogen and oxygen atoms in total. The molecule has 0 saturated carbocycles. The first kappa shape index (κ1) is 13.0. The van der Waals surface area contributed by atoms with Crippen molar-refractivity contribution in [2.75, 3.05) is 0 Å². The first-order chi connectivity index (χ1) is 8.57. The van der Waals surface area contributed by atoms with Crippen molar-refractivity contribution >= 4 is 12.9 Å². The van der Waals surface area contributed by atoms with E-state index in [-0.39, 0.29) is 5.30 Å². The summed E-state index contributed by atoms with van der Waals surface area (Å²) < 4.78 is 11.4. The van der Waals surface area contributed by atoms with Crippen LogP contribution in [-0.2, 0) is 17.4 Å². The van der Waals surface area contributed by atoms with E-state index in [1.165, 1.54) is 6.07 Å². The van der Waals surface area contributed by atoms with Gasteiger partial charge in [0.2, 0.25) is 0 Å². The van der Waals surface area contributed by atoms with Crippen molar-refractivity contribution in [1.29, 1.82) is 0 Å². The Kier molecular flexibility index (Phi) is 3.97. The molecule has 0 aliphatic rings. The maximum absolute atomic E-state index is 11.4. The van der Waals surface area contributed by atoms with Gasteiger partial charge in [-0.1, -0.05) is 48.5 Å². The fraction of sp³-hybridized carbons (Fsp3) is 0.143. The van der Waals surface area contributed by atoms with Gasteiger partial charge in [-0.15, -0.1) is 0 Å². The third-order valence-electron chi connectivity index (χ3n) is 2.83. The van der Waals surface area contributed by atoms with Crippen LogP contribution in [0.15, 0.2) is 54.6 Å². The highest BCUT2D eigenvalue weighted by molar-refractivity contribution is 7.60. The van der Waals surface area contributed by atoms with Crippen LogP contribution < -0.4 is 5.30 Å². The lowest BCUT2D eigenvalue weighted by Crippen LogP contribution is -2.11. The van der Waals surface area contributed by atoms with Crippen molar-refractivity contribution in [1.82, 2.24) is 0 Å². The van der Waals surface area contributed by atoms with Gasteiger partial charge in [-0.05, 0) is 30.0 Å². The molecule has 0 unspecified atom stereocenters. The second-order valence-corrected chi connectivity index (χ2v) is 5.73. The summed E-state index contributed by atoms with van der Waals surface area (Å²) in [4.78, 5) is 18.6. The molecule has 2 rings (SSSR count). The fourth-order valence-corrected chi connectivity index (χ4v) is 2.77. The van der Waals surface area contributed by atoms with E-state index in [1.54, 1.807) is 18.2 Å². The molecule has 94 valence electrons. The maximum atomic E-state index is 11.4. The van der Waals surface area contributed by atoms with Crippen LogP contribution in [0.5, 0.6) is 0 Å². The van der Waals surface area contributed by atoms with Crippen LogP contribution in [0.25, 0.3) is 0 Å². The molecule has 0 atom stereocenters. The zero-order chi connectivity index (χ0) is 13.0. The maximum Gasteiger partial charge on any atom is 0.356 e. The van der Waals surface area contributed by atoms with Crippen LogP contribution in [0.4, 0.5) is 0 Å². The van der Waals surface area contributed by atoms with Gasteiger partial charge < -0.3 is 9.79 Å². The van der Waals surface area contributed by atoms with E-state index in [9.17, 15) is 14.4 Å². The molecule has 2 aromatic carbocycles. The third-order valence-corrected chi connectivity index (χ3v) is 3.90. The highest BCUT2D eigenvalue weighted by Gasteiger charge is 2.20. The van der Waals surface area contributed by atoms with Crippen molar-refractivity contribution in [2.24, 2.45) is 0 Å². The summed E-state index contributed by atoms with van der Waals surface area (Å²) in [5, 5.41) is 0.140. The Morgan fingerprint density at radius 3 is 2.11 bits per heavy atom. The second kappa shape index (κ2) is 5.49. The average molecular weight is 262 g/mol. The largest absolute Gasteiger partial charge is 0.356 e. The van der Waals surface area contributed by atoms with Gasteiger partial charge in [0.05, 0.1) is 5.30 Å². The van der Waals surface area contributed by atoms with Gasteiger partial charge in [-0.2, -0.15) is 0 Å². The second-order valence-electron chi connectivity index (χ2n) is 4.16. The summed E-state index contributed by atoms with van der Waals surface area (Å²) in [5.41, 5.74) is 1.88. The Morgan fingerprint density at radius 1 is 0.833 bits per heavy atom. The van der Waals surface area contributed by atoms with Crippen molar-refractivity contribution in [3.05, 3.63) is 65.7 Å². The van der Waals surface area contributed by atoms with E-state index in [1.807, 2.05) is 30.3 Å². The molecule has 0 spiro atoms. The van der Waals surface area contributed by atoms with E-state index in [4.69, 9.17) is 0 Å². The molecular weight excluding hydrogens is 247 g/mol. The number of hydrogen-bond acceptors (Lipinski definition) is 1. The lowest BCUT2D eigenvalue weighted by molar-refractivity contribution is 0.387. The molecule has 0 heterocycles. The standard InChI is InChI=1S/C14H15O3P/c15-18(16,17)14-9-5-4-8-13(14)11-10-12-6-2-1-3-7-12/h1-9H,10-11H2,(H2,15,16,17). The summed E-state index contributed by atoms with van der Waals surface area (Å²) in [6.45, 7) is 0. The molecule has 18 heavy (non-hydrogen) atoms. The van der Waals surface area contributed by atoms with E-state index < -0.39 is 7.60 Å². The predicted octanol–water partition coefficient (Wildman–Crippen LogP) is 2.27. The normalized spacial score (nSPS) is 11.4. The van der Waals surface area contributed by atoms with Gasteiger partial charge in [0.25, 0.3) is 0 Å². The number of rotatable bonds is 4. The van der Waals surface area contributed by atoms with Gasteiger partial charge in [0.15, 0.2) is 0 Å². The Bertz CT molecular complexity index is 560. The summed E-state index contributed by atoms with van der Waals surface area (Å²) in [7, 11) is -4.18. The molecule has 0 amide bonds. The fourth-order valence-electron chi connectivity index (χ4n) is 1.93. The Balaban J connectivity index is 2.18. The summed E-state index contributed by atoms with van der Waals surface area (Å²) in [6, 6.07) is 16.6. The van der Waals surface area contributed by atoms with Crippen LogP contribution in [0.2, 0.25) is 0 Å². The van der Waals surface area contributed by atoms with Crippen molar-refractivity contribution in [3.8, 4) is 0 Å². The highest BCUT2D eigenvalue weighted by atomic mass is 31.2. The highest BCUT2D eigenvalue weighted by Crippen LogP contribution is 2.34. The Hall–Kier alpha value is -1.41. The summed E-state index contributed by atoms with van der Waals surface area (Å²) >= 11 is 0. The quantitative estimate of drug-likeness (QED) is 0.831. The van der Waals surface area contributed by atoms with Crippen molar-refractivity contribution < 1.29 is 14.4 Å². The van der Waals surface area contributed by atoms with Crippen molar-refractivity contribution in [3.63, 3.8) is 0 Å². The number of aryl methyl sites for hydroxylation is 2. The predicted molar refractivity (Wildman–Crippen MR) is 72.0 cm³/mol. The monoisotopic (exact) mass is 262 g/mol. The van der Waals surface area contributed by atoms with Crippen LogP contribution in [0.3, 0.4) is 0 Å². The first-order valence-corrected chi connectivity index (χ1v) is 7.36. The zero-order valence-electron chi connectivity index (χ0n) is 9.86. The molecule has 4 heteroatoms. The SMILES string of the molecule is O=P(O)(O)c1ccccc1CCc1ccccc1. The van der Waals surface area contributed by atoms with Crippen LogP contribution in [0.1, 0.15) is 11.1 Å². The molecule has 0 aromatic heterocycles. The van der Waals surface area contributed by atoms with E-state index in [0.717, 1.165) is 17.5 Å². The minimum atomic E-state index is -4.18. The molecule has 2 aromatic rings. The van der Waals surface area contributed by atoms with E-state index >= 15 is 0 Å². The number of hydrogen-bond donors (Lipinski definition) is 2. The van der Waals surface area contributed by atoms with Crippen LogP contribution in [0, 0.1) is 0 Å². The molecule has 2 N–H and O–H groups in total. The van der Waals surface area contributed by atoms with Crippen molar-refractivity contribution in [2.45, 2.75) is 12.8 Å². The number of benzene rings is 2. The molecule has 0 saturated heterocycles. The first-order valence-electron chi connectivity index (χ1n) is 5.75. The van der Waals surface area contributed by atoms with Gasteiger partial charge in [-0.25, -0.2) is 0 Å². The summed E-state index contributed by atoms with van der Waals surface area (Å²) in [5.74, 6) is 0. The van der Waals surface area contributed by atoms with E-state index in [0.29, 0.717) is 6.42 Å². The molecular formula is C14H15O3P. The summed E-state index contributed by atoms with van der Waals surface area (Å²) in [6.07, 6.45) is 1.41. The van der Waals surface area contributed by atoms with Gasteiger partial charge >= 0.3 is 7.60 Å².